The number of nitrogens with one attached hydrogen (secondary N) is 1. The number of carboxylic acid groups (broad SMARTS) is 2. The van der Waals surface area contributed by atoms with Gasteiger partial charge < -0.3 is 15.5 Å². The average molecular weight is 237 g/mol. The van der Waals surface area contributed by atoms with E-state index in [9.17, 15) is 9.59 Å². The van der Waals surface area contributed by atoms with Crippen LogP contribution < -0.4 is 5.32 Å². The Kier molecular flexibility index (Phi) is 5.16. The summed E-state index contributed by atoms with van der Waals surface area (Å²) in [5.74, 6) is -1.92. The molecule has 0 aliphatic rings. The van der Waals surface area contributed by atoms with Crippen molar-refractivity contribution in [3.63, 3.8) is 0 Å². The Morgan fingerprint density at radius 3 is 2.35 bits per heavy atom. The Morgan fingerprint density at radius 2 is 1.82 bits per heavy atom. The fourth-order valence-electron chi connectivity index (χ4n) is 1.45. The summed E-state index contributed by atoms with van der Waals surface area (Å²) in [6, 6.07) is 8.47. The van der Waals surface area contributed by atoms with E-state index in [0.29, 0.717) is 6.42 Å². The van der Waals surface area contributed by atoms with Crippen molar-refractivity contribution in [2.24, 2.45) is 0 Å². The van der Waals surface area contributed by atoms with Crippen molar-refractivity contribution in [2.45, 2.75) is 18.9 Å². The summed E-state index contributed by atoms with van der Waals surface area (Å²) in [7, 11) is 0. The summed E-state index contributed by atoms with van der Waals surface area (Å²) in [6.07, 6.45) is 0.258. The number of aliphatic carboxylic acids is 2. The molecule has 0 amide bonds. The third-order valence-electron chi connectivity index (χ3n) is 2.31. The second kappa shape index (κ2) is 6.65. The van der Waals surface area contributed by atoms with E-state index in [0.717, 1.165) is 5.56 Å². The largest absolute Gasteiger partial charge is 0.481 e. The number of hydrogen-bond acceptors (Lipinski definition) is 3. The Morgan fingerprint density at radius 1 is 1.18 bits per heavy atom. The Balaban J connectivity index is 2.49. The first-order valence-electron chi connectivity index (χ1n) is 5.31. The van der Waals surface area contributed by atoms with Crippen LogP contribution in [0.3, 0.4) is 0 Å². The van der Waals surface area contributed by atoms with Gasteiger partial charge in [0.05, 0.1) is 6.42 Å². The molecule has 1 aromatic carbocycles. The van der Waals surface area contributed by atoms with E-state index in [4.69, 9.17) is 10.2 Å². The van der Waals surface area contributed by atoms with Crippen LogP contribution in [-0.2, 0) is 16.0 Å². The fraction of sp³-hybridized carbons (Fsp3) is 0.333. The number of carboxylic acids is 2. The summed E-state index contributed by atoms with van der Waals surface area (Å²) < 4.78 is 0. The normalized spacial score (nSPS) is 12.0. The molecule has 0 aliphatic carbocycles. The van der Waals surface area contributed by atoms with Gasteiger partial charge in [0, 0.05) is 6.54 Å². The number of benzene rings is 1. The smallest absolute Gasteiger partial charge is 0.321 e. The number of rotatable bonds is 7. The lowest BCUT2D eigenvalue weighted by molar-refractivity contribution is -0.140. The molecule has 0 unspecified atom stereocenters. The molecule has 0 radical (unpaired) electrons. The zero-order valence-electron chi connectivity index (χ0n) is 9.30. The van der Waals surface area contributed by atoms with Gasteiger partial charge in [0.15, 0.2) is 0 Å². The molecule has 92 valence electrons. The molecule has 1 aromatic rings. The quantitative estimate of drug-likeness (QED) is 0.651. The van der Waals surface area contributed by atoms with Gasteiger partial charge in [-0.05, 0) is 12.0 Å². The lowest BCUT2D eigenvalue weighted by Crippen LogP contribution is -2.39. The molecule has 5 nitrogen and oxygen atoms in total. The average Bonchev–Trinajstić information content (AvgIpc) is 2.28. The first-order chi connectivity index (χ1) is 8.09. The molecule has 1 atom stereocenters. The van der Waals surface area contributed by atoms with Gasteiger partial charge in [-0.2, -0.15) is 0 Å². The molecule has 5 heteroatoms. The fourth-order valence-corrected chi connectivity index (χ4v) is 1.45. The van der Waals surface area contributed by atoms with Gasteiger partial charge in [0.25, 0.3) is 0 Å². The SMILES string of the molecule is O=C(O)CCN[C@@H](Cc1ccccc1)C(=O)O. The van der Waals surface area contributed by atoms with Crippen molar-refractivity contribution in [3.05, 3.63) is 35.9 Å². The Hall–Kier alpha value is -1.88. The van der Waals surface area contributed by atoms with Crippen LogP contribution in [0.15, 0.2) is 30.3 Å². The van der Waals surface area contributed by atoms with Gasteiger partial charge in [0.2, 0.25) is 0 Å². The topological polar surface area (TPSA) is 86.6 Å². The third kappa shape index (κ3) is 5.12. The molecule has 0 heterocycles. The molecular weight excluding hydrogens is 222 g/mol. The van der Waals surface area contributed by atoms with Gasteiger partial charge in [-0.1, -0.05) is 30.3 Å². The zero-order chi connectivity index (χ0) is 12.7. The summed E-state index contributed by atoms with van der Waals surface area (Å²) in [5, 5.41) is 20.2. The molecule has 0 fully saturated rings. The van der Waals surface area contributed by atoms with Crippen molar-refractivity contribution < 1.29 is 19.8 Å². The zero-order valence-corrected chi connectivity index (χ0v) is 9.30. The highest BCUT2D eigenvalue weighted by atomic mass is 16.4. The van der Waals surface area contributed by atoms with Gasteiger partial charge in [0.1, 0.15) is 6.04 Å². The van der Waals surface area contributed by atoms with Gasteiger partial charge in [-0.3, -0.25) is 9.59 Å². The molecule has 0 spiro atoms. The first-order valence-corrected chi connectivity index (χ1v) is 5.31. The summed E-state index contributed by atoms with van der Waals surface area (Å²) >= 11 is 0. The van der Waals surface area contributed by atoms with E-state index in [1.165, 1.54) is 0 Å². The van der Waals surface area contributed by atoms with Crippen LogP contribution in [0.5, 0.6) is 0 Å². The molecule has 3 N–H and O–H groups in total. The highest BCUT2D eigenvalue weighted by molar-refractivity contribution is 5.74. The lowest BCUT2D eigenvalue weighted by Gasteiger charge is -2.13. The van der Waals surface area contributed by atoms with Crippen molar-refractivity contribution in [1.29, 1.82) is 0 Å². The monoisotopic (exact) mass is 237 g/mol. The minimum atomic E-state index is -0.973. The first kappa shape index (κ1) is 13.2. The molecule has 0 aliphatic heterocycles. The van der Waals surface area contributed by atoms with E-state index in [2.05, 4.69) is 5.32 Å². The molecular formula is C12H15NO4. The van der Waals surface area contributed by atoms with Crippen molar-refractivity contribution in [1.82, 2.24) is 5.32 Å². The van der Waals surface area contributed by atoms with Crippen LogP contribution in [0.25, 0.3) is 0 Å². The van der Waals surface area contributed by atoms with E-state index < -0.39 is 18.0 Å². The summed E-state index contributed by atoms with van der Waals surface area (Å²) in [6.45, 7) is 0.152. The maximum atomic E-state index is 11.0. The second-order valence-corrected chi connectivity index (χ2v) is 3.68. The minimum absolute atomic E-state index is 0.0848. The highest BCUT2D eigenvalue weighted by Gasteiger charge is 2.17. The van der Waals surface area contributed by atoms with Crippen LogP contribution in [0.2, 0.25) is 0 Å². The summed E-state index contributed by atoms with van der Waals surface area (Å²) in [4.78, 5) is 21.3. The van der Waals surface area contributed by atoms with E-state index in [-0.39, 0.29) is 13.0 Å². The Labute approximate surface area is 99.1 Å². The highest BCUT2D eigenvalue weighted by Crippen LogP contribution is 2.03. The predicted molar refractivity (Wildman–Crippen MR) is 61.8 cm³/mol. The predicted octanol–water partition coefficient (Wildman–Crippen LogP) is 0.747. The Bertz CT molecular complexity index is 377. The maximum Gasteiger partial charge on any atom is 0.321 e. The van der Waals surface area contributed by atoms with Crippen molar-refractivity contribution in [2.75, 3.05) is 6.54 Å². The van der Waals surface area contributed by atoms with Gasteiger partial charge in [-0.15, -0.1) is 0 Å². The number of carbonyl (C=O) groups is 2. The second-order valence-electron chi connectivity index (χ2n) is 3.68. The third-order valence-corrected chi connectivity index (χ3v) is 2.31. The maximum absolute atomic E-state index is 11.0. The summed E-state index contributed by atoms with van der Waals surface area (Å²) in [5.41, 5.74) is 0.905. The number of hydrogen-bond donors (Lipinski definition) is 3. The standard InChI is InChI=1S/C12H15NO4/c14-11(15)6-7-13-10(12(16)17)8-9-4-2-1-3-5-9/h1-5,10,13H,6-8H2,(H,14,15)(H,16,17)/t10-/m0/s1. The van der Waals surface area contributed by atoms with Crippen LogP contribution in [-0.4, -0.2) is 34.7 Å². The van der Waals surface area contributed by atoms with Crippen LogP contribution in [0.1, 0.15) is 12.0 Å². The van der Waals surface area contributed by atoms with E-state index in [1.807, 2.05) is 30.3 Å². The van der Waals surface area contributed by atoms with E-state index >= 15 is 0 Å². The van der Waals surface area contributed by atoms with Gasteiger partial charge in [-0.25, -0.2) is 0 Å². The minimum Gasteiger partial charge on any atom is -0.481 e. The van der Waals surface area contributed by atoms with E-state index in [1.54, 1.807) is 0 Å². The molecule has 0 bridgehead atoms. The van der Waals surface area contributed by atoms with Crippen LogP contribution in [0, 0.1) is 0 Å². The molecule has 0 saturated carbocycles. The van der Waals surface area contributed by atoms with Gasteiger partial charge >= 0.3 is 11.9 Å². The molecule has 0 aromatic heterocycles. The molecule has 0 saturated heterocycles. The van der Waals surface area contributed by atoms with Crippen LogP contribution in [0.4, 0.5) is 0 Å². The van der Waals surface area contributed by atoms with Crippen LogP contribution >= 0.6 is 0 Å². The van der Waals surface area contributed by atoms with Crippen molar-refractivity contribution >= 4 is 11.9 Å². The van der Waals surface area contributed by atoms with Crippen molar-refractivity contribution in [3.8, 4) is 0 Å². The lowest BCUT2D eigenvalue weighted by atomic mass is 10.1. The molecule has 1 rings (SSSR count). The molecule has 17 heavy (non-hydrogen) atoms.